The van der Waals surface area contributed by atoms with Gasteiger partial charge in [-0.25, -0.2) is 0 Å². The Hall–Kier alpha value is -0.0800. The lowest BCUT2D eigenvalue weighted by Crippen LogP contribution is -2.19. The van der Waals surface area contributed by atoms with Crippen LogP contribution in [0, 0.1) is 0 Å². The molecule has 0 aromatic rings. The highest BCUT2D eigenvalue weighted by atomic mass is 14.6. The molecule has 0 saturated heterocycles. The molecule has 0 aliphatic carbocycles. The second-order valence-electron chi connectivity index (χ2n) is 6.72. The molecule has 0 fully saturated rings. The van der Waals surface area contributed by atoms with Crippen LogP contribution in [0.4, 0.5) is 0 Å². The molecule has 2 nitrogen and oxygen atoms in total. The summed E-state index contributed by atoms with van der Waals surface area (Å²) >= 11 is 0. The number of nitrogens with two attached hydrogens (primary N) is 2. The van der Waals surface area contributed by atoms with Crippen LogP contribution >= 0.6 is 0 Å². The zero-order valence-corrected chi connectivity index (χ0v) is 14.8. The highest BCUT2D eigenvalue weighted by Crippen LogP contribution is 2.13. The Morgan fingerprint density at radius 2 is 0.952 bits per heavy atom. The molecule has 128 valence electrons. The predicted molar refractivity (Wildman–Crippen MR) is 96.6 cm³/mol. The first-order chi connectivity index (χ1) is 10.3. The van der Waals surface area contributed by atoms with E-state index in [2.05, 4.69) is 6.92 Å². The minimum absolute atomic E-state index is 0.453. The first kappa shape index (κ1) is 20.9. The van der Waals surface area contributed by atoms with Crippen molar-refractivity contribution >= 4 is 0 Å². The Bertz CT molecular complexity index is 182. The van der Waals surface area contributed by atoms with Gasteiger partial charge in [-0.3, -0.25) is 0 Å². The molecule has 0 saturated carbocycles. The molecule has 0 aliphatic heterocycles. The van der Waals surface area contributed by atoms with Gasteiger partial charge in [0.05, 0.1) is 0 Å². The molecule has 0 spiro atoms. The molecule has 1 unspecified atom stereocenters. The molecule has 2 heteroatoms. The predicted octanol–water partition coefficient (Wildman–Crippen LogP) is 5.53. The number of hydrogen-bond donors (Lipinski definition) is 2. The molecule has 0 heterocycles. The Morgan fingerprint density at radius 1 is 0.571 bits per heavy atom. The van der Waals surface area contributed by atoms with Crippen molar-refractivity contribution in [1.82, 2.24) is 0 Å². The van der Waals surface area contributed by atoms with E-state index in [1.807, 2.05) is 0 Å². The van der Waals surface area contributed by atoms with Gasteiger partial charge in [-0.2, -0.15) is 0 Å². The Balaban J connectivity index is 3.11. The van der Waals surface area contributed by atoms with Gasteiger partial charge in [0, 0.05) is 6.04 Å². The van der Waals surface area contributed by atoms with Gasteiger partial charge in [0.1, 0.15) is 0 Å². The van der Waals surface area contributed by atoms with Gasteiger partial charge in [0.2, 0.25) is 0 Å². The van der Waals surface area contributed by atoms with E-state index < -0.39 is 0 Å². The molecule has 0 aromatic heterocycles. The second kappa shape index (κ2) is 18.0. The van der Waals surface area contributed by atoms with Crippen molar-refractivity contribution in [3.8, 4) is 0 Å². The van der Waals surface area contributed by atoms with Crippen molar-refractivity contribution < 1.29 is 0 Å². The van der Waals surface area contributed by atoms with Crippen molar-refractivity contribution in [1.29, 1.82) is 0 Å². The first-order valence-corrected chi connectivity index (χ1v) is 9.77. The van der Waals surface area contributed by atoms with E-state index >= 15 is 0 Å². The fourth-order valence-corrected chi connectivity index (χ4v) is 2.94. The molecule has 0 amide bonds. The van der Waals surface area contributed by atoms with Crippen molar-refractivity contribution in [3.63, 3.8) is 0 Å². The lowest BCUT2D eigenvalue weighted by molar-refractivity contribution is 0.481. The van der Waals surface area contributed by atoms with Gasteiger partial charge in [-0.05, 0) is 25.8 Å². The third-order valence-electron chi connectivity index (χ3n) is 4.46. The third-order valence-corrected chi connectivity index (χ3v) is 4.46. The van der Waals surface area contributed by atoms with Crippen LogP contribution in [-0.4, -0.2) is 12.6 Å². The van der Waals surface area contributed by atoms with Crippen LogP contribution in [0.3, 0.4) is 0 Å². The SMILES string of the molecule is CCCCCCCCCCC(N)CCCCCCCCN. The summed E-state index contributed by atoms with van der Waals surface area (Å²) in [7, 11) is 0. The average molecular weight is 299 g/mol. The summed E-state index contributed by atoms with van der Waals surface area (Å²) in [6.45, 7) is 3.13. The molecular weight excluding hydrogens is 256 g/mol. The van der Waals surface area contributed by atoms with Gasteiger partial charge >= 0.3 is 0 Å². The zero-order valence-electron chi connectivity index (χ0n) is 14.8. The lowest BCUT2D eigenvalue weighted by atomic mass is 10.0. The van der Waals surface area contributed by atoms with Crippen molar-refractivity contribution in [2.24, 2.45) is 11.5 Å². The molecule has 0 aliphatic rings. The highest BCUT2D eigenvalue weighted by molar-refractivity contribution is 4.62. The summed E-state index contributed by atoms with van der Waals surface area (Å²) in [5.41, 5.74) is 11.7. The lowest BCUT2D eigenvalue weighted by Gasteiger charge is -2.11. The summed E-state index contributed by atoms with van der Waals surface area (Å²) in [5, 5.41) is 0. The summed E-state index contributed by atoms with van der Waals surface area (Å²) in [6, 6.07) is 0.453. The summed E-state index contributed by atoms with van der Waals surface area (Å²) in [4.78, 5) is 0. The van der Waals surface area contributed by atoms with Crippen molar-refractivity contribution in [2.75, 3.05) is 6.54 Å². The van der Waals surface area contributed by atoms with Gasteiger partial charge in [-0.1, -0.05) is 90.4 Å². The standard InChI is InChI=1S/C19H42N2/c1-2-3-4-5-6-7-10-13-16-19(21)17-14-11-8-9-12-15-18-20/h19H,2-18,20-21H2,1H3. The largest absolute Gasteiger partial charge is 0.330 e. The van der Waals surface area contributed by atoms with E-state index in [1.54, 1.807) is 0 Å². The van der Waals surface area contributed by atoms with Crippen LogP contribution in [0.5, 0.6) is 0 Å². The molecule has 0 rings (SSSR count). The maximum absolute atomic E-state index is 6.20. The van der Waals surface area contributed by atoms with Crippen LogP contribution in [0.25, 0.3) is 0 Å². The Labute approximate surface area is 134 Å². The number of unbranched alkanes of at least 4 members (excludes halogenated alkanes) is 12. The molecule has 0 aromatic carbocycles. The smallest absolute Gasteiger partial charge is 0.00388 e. The Kier molecular flexibility index (Phi) is 17.9. The van der Waals surface area contributed by atoms with Gasteiger partial charge in [0.15, 0.2) is 0 Å². The van der Waals surface area contributed by atoms with Crippen LogP contribution in [0.1, 0.15) is 110 Å². The third kappa shape index (κ3) is 17.9. The van der Waals surface area contributed by atoms with Crippen LogP contribution in [0.2, 0.25) is 0 Å². The first-order valence-electron chi connectivity index (χ1n) is 9.77. The van der Waals surface area contributed by atoms with E-state index in [9.17, 15) is 0 Å². The number of rotatable bonds is 17. The minimum atomic E-state index is 0.453. The second-order valence-corrected chi connectivity index (χ2v) is 6.72. The summed E-state index contributed by atoms with van der Waals surface area (Å²) in [6.07, 6.45) is 21.6. The molecular formula is C19H42N2. The van der Waals surface area contributed by atoms with Crippen molar-refractivity contribution in [2.45, 2.75) is 116 Å². The molecule has 0 radical (unpaired) electrons. The average Bonchev–Trinajstić information content (AvgIpc) is 2.49. The van der Waals surface area contributed by atoms with Crippen molar-refractivity contribution in [3.05, 3.63) is 0 Å². The highest BCUT2D eigenvalue weighted by Gasteiger charge is 2.02. The topological polar surface area (TPSA) is 52.0 Å². The van der Waals surface area contributed by atoms with Gasteiger partial charge in [0.25, 0.3) is 0 Å². The summed E-state index contributed by atoms with van der Waals surface area (Å²) < 4.78 is 0. The van der Waals surface area contributed by atoms with Crippen LogP contribution < -0.4 is 11.5 Å². The number of hydrogen-bond acceptors (Lipinski definition) is 2. The summed E-state index contributed by atoms with van der Waals surface area (Å²) in [5.74, 6) is 0. The van der Waals surface area contributed by atoms with E-state index in [1.165, 1.54) is 103 Å². The van der Waals surface area contributed by atoms with Gasteiger partial charge < -0.3 is 11.5 Å². The zero-order chi connectivity index (χ0) is 15.6. The van der Waals surface area contributed by atoms with E-state index in [0.717, 1.165) is 6.54 Å². The van der Waals surface area contributed by atoms with Gasteiger partial charge in [-0.15, -0.1) is 0 Å². The maximum Gasteiger partial charge on any atom is 0.00388 e. The monoisotopic (exact) mass is 298 g/mol. The molecule has 1 atom stereocenters. The van der Waals surface area contributed by atoms with Crippen LogP contribution in [-0.2, 0) is 0 Å². The minimum Gasteiger partial charge on any atom is -0.330 e. The fourth-order valence-electron chi connectivity index (χ4n) is 2.94. The van der Waals surface area contributed by atoms with E-state index in [4.69, 9.17) is 11.5 Å². The molecule has 0 bridgehead atoms. The molecule has 4 N–H and O–H groups in total. The quantitative estimate of drug-likeness (QED) is 0.347. The fraction of sp³-hybridized carbons (Fsp3) is 1.00. The Morgan fingerprint density at radius 3 is 1.38 bits per heavy atom. The normalized spacial score (nSPS) is 12.7. The van der Waals surface area contributed by atoms with E-state index in [-0.39, 0.29) is 0 Å². The molecule has 21 heavy (non-hydrogen) atoms. The van der Waals surface area contributed by atoms with E-state index in [0.29, 0.717) is 6.04 Å². The van der Waals surface area contributed by atoms with Crippen LogP contribution in [0.15, 0.2) is 0 Å². The maximum atomic E-state index is 6.20.